The molecule has 0 aromatic rings. The van der Waals surface area contributed by atoms with Gasteiger partial charge in [-0.2, -0.15) is 0 Å². The third-order valence-corrected chi connectivity index (χ3v) is 2.15. The van der Waals surface area contributed by atoms with E-state index < -0.39 is 38.4 Å². The lowest BCUT2D eigenvalue weighted by Gasteiger charge is -2.15. The van der Waals surface area contributed by atoms with Crippen molar-refractivity contribution in [1.29, 1.82) is 0 Å². The van der Waals surface area contributed by atoms with Crippen LogP contribution in [0.25, 0.3) is 0 Å². The van der Waals surface area contributed by atoms with Crippen LogP contribution in [-0.4, -0.2) is 58.7 Å². The van der Waals surface area contributed by atoms with Crippen molar-refractivity contribution in [2.45, 2.75) is 24.5 Å². The van der Waals surface area contributed by atoms with Gasteiger partial charge < -0.3 is 29.5 Å². The number of hydrogen-bond acceptors (Lipinski definition) is 5. The van der Waals surface area contributed by atoms with E-state index in [1.54, 1.807) is 0 Å². The molecule has 0 aromatic carbocycles. The number of aliphatic hydroxyl groups excluding tert-OH is 2. The maximum atomic E-state index is 10.4. The maximum absolute atomic E-state index is 10.4. The lowest BCUT2D eigenvalue weighted by atomic mass is 9.94. The highest BCUT2D eigenvalue weighted by molar-refractivity contribution is 7.51. The predicted molar refractivity (Wildman–Crippen MR) is 44.4 cm³/mol. The van der Waals surface area contributed by atoms with Crippen LogP contribution in [0.1, 0.15) is 0 Å². The summed E-state index contributed by atoms with van der Waals surface area (Å²) in [6, 6.07) is -1.12. The summed E-state index contributed by atoms with van der Waals surface area (Å²) in [5, 5.41) is 18.3. The highest BCUT2D eigenvalue weighted by Crippen LogP contribution is 2.35. The van der Waals surface area contributed by atoms with Crippen LogP contribution in [0.5, 0.6) is 0 Å². The molecule has 1 heterocycles. The highest BCUT2D eigenvalue weighted by atomic mass is 31.2. The van der Waals surface area contributed by atoms with Gasteiger partial charge in [0, 0.05) is 6.00 Å². The van der Waals surface area contributed by atoms with Crippen molar-refractivity contribution in [3.63, 3.8) is 0 Å². The molecule has 4 atom stereocenters. The Balaban J connectivity index is 2.44. The Morgan fingerprint density at radius 1 is 1.36 bits per heavy atom. The molecule has 2 radical (unpaired) electrons. The van der Waals surface area contributed by atoms with Crippen LogP contribution in [0.15, 0.2) is 0 Å². The molecule has 0 bridgehead atoms. The Morgan fingerprint density at radius 3 is 2.29 bits per heavy atom. The molecule has 1 aliphatic rings. The summed E-state index contributed by atoms with van der Waals surface area (Å²) >= 11 is 0. The molecule has 2 unspecified atom stereocenters. The molecule has 1 aliphatic heterocycles. The van der Waals surface area contributed by atoms with Gasteiger partial charge in [-0.25, -0.2) is 0 Å². The van der Waals surface area contributed by atoms with E-state index in [1.165, 1.54) is 0 Å². The van der Waals surface area contributed by atoms with Gasteiger partial charge in [0.15, 0.2) is 12.6 Å². The van der Waals surface area contributed by atoms with Crippen molar-refractivity contribution in [3.05, 3.63) is 0 Å². The molecule has 9 heteroatoms. The molecular formula is C5H10BO7P. The normalized spacial score (nSPS) is 38.9. The average molecular weight is 224 g/mol. The molecule has 0 aliphatic carbocycles. The lowest BCUT2D eigenvalue weighted by molar-refractivity contribution is -0.147. The van der Waals surface area contributed by atoms with E-state index in [-0.39, 0.29) is 0 Å². The van der Waals surface area contributed by atoms with Crippen molar-refractivity contribution in [2.75, 3.05) is 6.35 Å². The van der Waals surface area contributed by atoms with Crippen LogP contribution >= 0.6 is 7.60 Å². The SMILES string of the molecule is [B][C@@H]1O[C@H](OCP(=O)(O)O)C(O)C1O. The molecule has 7 nitrogen and oxygen atoms in total. The van der Waals surface area contributed by atoms with Gasteiger partial charge >= 0.3 is 7.60 Å². The second-order valence-corrected chi connectivity index (χ2v) is 4.50. The highest BCUT2D eigenvalue weighted by Gasteiger charge is 2.41. The number of aliphatic hydroxyl groups is 2. The van der Waals surface area contributed by atoms with Crippen LogP contribution in [0.3, 0.4) is 0 Å². The van der Waals surface area contributed by atoms with Crippen LogP contribution in [0.4, 0.5) is 0 Å². The quantitative estimate of drug-likeness (QED) is 0.315. The Kier molecular flexibility index (Phi) is 3.71. The van der Waals surface area contributed by atoms with E-state index in [4.69, 9.17) is 27.5 Å². The Bertz CT molecular complexity index is 242. The van der Waals surface area contributed by atoms with E-state index in [2.05, 4.69) is 4.74 Å². The second-order valence-electron chi connectivity index (χ2n) is 2.91. The summed E-state index contributed by atoms with van der Waals surface area (Å²) in [6.07, 6.45) is -4.94. The van der Waals surface area contributed by atoms with E-state index in [1.807, 2.05) is 0 Å². The summed E-state index contributed by atoms with van der Waals surface area (Å²) < 4.78 is 19.6. The van der Waals surface area contributed by atoms with Gasteiger partial charge in [0.25, 0.3) is 0 Å². The Morgan fingerprint density at radius 2 is 1.93 bits per heavy atom. The van der Waals surface area contributed by atoms with Crippen LogP contribution in [-0.2, 0) is 14.0 Å². The standard InChI is InChI=1S/C5H10BO7P/c6-4-2(7)3(8)5(13-4)12-1-14(9,10)11/h2-5,7-8H,1H2,(H2,9,10,11)/t2?,3?,4-,5+/m1/s1. The summed E-state index contributed by atoms with van der Waals surface area (Å²) in [5.41, 5.74) is 0. The monoisotopic (exact) mass is 224 g/mol. The first-order valence-electron chi connectivity index (χ1n) is 3.74. The fourth-order valence-corrected chi connectivity index (χ4v) is 1.32. The third-order valence-electron chi connectivity index (χ3n) is 1.66. The fraction of sp³-hybridized carbons (Fsp3) is 1.00. The minimum Gasteiger partial charge on any atom is -0.388 e. The third kappa shape index (κ3) is 3.03. The molecule has 0 saturated carbocycles. The zero-order chi connectivity index (χ0) is 10.9. The van der Waals surface area contributed by atoms with Crippen molar-refractivity contribution < 1.29 is 34.0 Å². The largest absolute Gasteiger partial charge is 0.388 e. The number of rotatable bonds is 3. The topological polar surface area (TPSA) is 116 Å². The smallest absolute Gasteiger partial charge is 0.351 e. The Labute approximate surface area is 81.2 Å². The van der Waals surface area contributed by atoms with Gasteiger partial charge in [-0.1, -0.05) is 0 Å². The number of hydrogen-bond donors (Lipinski definition) is 4. The van der Waals surface area contributed by atoms with E-state index in [9.17, 15) is 9.67 Å². The van der Waals surface area contributed by atoms with Gasteiger partial charge in [0.1, 0.15) is 20.1 Å². The Hall–Kier alpha value is 0.0549. The molecule has 0 spiro atoms. The first-order valence-corrected chi connectivity index (χ1v) is 5.54. The van der Waals surface area contributed by atoms with Crippen molar-refractivity contribution in [2.24, 2.45) is 0 Å². The van der Waals surface area contributed by atoms with Crippen molar-refractivity contribution >= 4 is 15.4 Å². The van der Waals surface area contributed by atoms with E-state index in [0.29, 0.717) is 0 Å². The molecule has 14 heavy (non-hydrogen) atoms. The maximum Gasteiger partial charge on any atom is 0.351 e. The minimum atomic E-state index is -4.32. The average Bonchev–Trinajstić information content (AvgIpc) is 2.28. The summed E-state index contributed by atoms with van der Waals surface area (Å²) in [7, 11) is 0.872. The molecule has 0 aromatic heterocycles. The first kappa shape index (κ1) is 12.1. The molecule has 4 N–H and O–H groups in total. The van der Waals surface area contributed by atoms with Gasteiger partial charge in [-0.15, -0.1) is 0 Å². The molecular weight excluding hydrogens is 214 g/mol. The van der Waals surface area contributed by atoms with Gasteiger partial charge in [-0.3, -0.25) is 4.57 Å². The van der Waals surface area contributed by atoms with E-state index >= 15 is 0 Å². The van der Waals surface area contributed by atoms with Crippen LogP contribution < -0.4 is 0 Å². The molecule has 0 amide bonds. The fourth-order valence-electron chi connectivity index (χ4n) is 0.980. The van der Waals surface area contributed by atoms with Gasteiger partial charge in [0.2, 0.25) is 0 Å². The molecule has 1 saturated heterocycles. The first-order chi connectivity index (χ1) is 6.31. The summed E-state index contributed by atoms with van der Waals surface area (Å²) in [5.74, 6) is 0. The minimum absolute atomic E-state index is 0.895. The second kappa shape index (κ2) is 4.28. The summed E-state index contributed by atoms with van der Waals surface area (Å²) in [4.78, 5) is 16.9. The predicted octanol–water partition coefficient (Wildman–Crippen LogP) is -2.29. The van der Waals surface area contributed by atoms with E-state index in [0.717, 1.165) is 0 Å². The number of ether oxygens (including phenoxy) is 2. The molecule has 1 fully saturated rings. The lowest BCUT2D eigenvalue weighted by Crippen LogP contribution is -2.33. The van der Waals surface area contributed by atoms with Crippen molar-refractivity contribution in [1.82, 2.24) is 0 Å². The van der Waals surface area contributed by atoms with Crippen LogP contribution in [0, 0.1) is 0 Å². The zero-order valence-electron chi connectivity index (χ0n) is 7.05. The van der Waals surface area contributed by atoms with Crippen LogP contribution in [0.2, 0.25) is 0 Å². The molecule has 80 valence electrons. The summed E-state index contributed by atoms with van der Waals surface area (Å²) in [6.45, 7) is 0. The zero-order valence-corrected chi connectivity index (χ0v) is 7.95. The van der Waals surface area contributed by atoms with Gasteiger partial charge in [-0.05, 0) is 0 Å². The molecule has 1 rings (SSSR count). The van der Waals surface area contributed by atoms with Crippen molar-refractivity contribution in [3.8, 4) is 0 Å². The van der Waals surface area contributed by atoms with Gasteiger partial charge in [0.05, 0.1) is 0 Å².